The highest BCUT2D eigenvalue weighted by Gasteiger charge is 2.13. The number of imidazole rings is 1. The predicted octanol–water partition coefficient (Wildman–Crippen LogP) is 3.25. The fourth-order valence-corrected chi connectivity index (χ4v) is 2.86. The van der Waals surface area contributed by atoms with Crippen LogP contribution in [0.3, 0.4) is 0 Å². The number of hydrogen-bond acceptors (Lipinski definition) is 3. The van der Waals surface area contributed by atoms with E-state index in [-0.39, 0.29) is 0 Å². The highest BCUT2D eigenvalue weighted by molar-refractivity contribution is 6.17. The van der Waals surface area contributed by atoms with Gasteiger partial charge in [0.25, 0.3) is 0 Å². The van der Waals surface area contributed by atoms with Gasteiger partial charge in [0.05, 0.1) is 0 Å². The monoisotopic (exact) mass is 308 g/mol. The predicted molar refractivity (Wildman–Crippen MR) is 89.1 cm³/mol. The Morgan fingerprint density at radius 1 is 1.29 bits per heavy atom. The zero-order chi connectivity index (χ0) is 15.2. The van der Waals surface area contributed by atoms with Crippen molar-refractivity contribution in [1.29, 1.82) is 0 Å². The summed E-state index contributed by atoms with van der Waals surface area (Å²) in [5, 5.41) is 0. The van der Waals surface area contributed by atoms with E-state index in [2.05, 4.69) is 35.2 Å². The molecule has 2 aromatic rings. The van der Waals surface area contributed by atoms with Gasteiger partial charge < -0.3 is 9.47 Å². The lowest BCUT2D eigenvalue weighted by molar-refractivity contribution is 0.293. The minimum atomic E-state index is 0.596. The van der Waals surface area contributed by atoms with Crippen molar-refractivity contribution in [2.24, 2.45) is 0 Å². The van der Waals surface area contributed by atoms with Crippen LogP contribution in [0.1, 0.15) is 31.7 Å². The van der Waals surface area contributed by atoms with Gasteiger partial charge in [-0.2, -0.15) is 0 Å². The number of fused-ring (bicyclic) bond motifs is 1. The number of aromatic nitrogens is 3. The van der Waals surface area contributed by atoms with Gasteiger partial charge in [0, 0.05) is 25.0 Å². The van der Waals surface area contributed by atoms with E-state index in [4.69, 9.17) is 16.6 Å². The molecule has 2 aromatic heterocycles. The van der Waals surface area contributed by atoms with Gasteiger partial charge in [0.2, 0.25) is 0 Å². The molecule has 0 saturated carbocycles. The third-order valence-corrected chi connectivity index (χ3v) is 4.17. The van der Waals surface area contributed by atoms with E-state index in [1.807, 2.05) is 12.3 Å². The first-order valence-electron chi connectivity index (χ1n) is 7.80. The molecule has 4 nitrogen and oxygen atoms in total. The minimum Gasteiger partial charge on any atom is -0.313 e. The molecular weight excluding hydrogens is 284 g/mol. The third kappa shape index (κ3) is 3.74. The SMILES string of the molecule is CCN(CC)CCCn1c(CCCl)nc2c(C)ccnc21. The van der Waals surface area contributed by atoms with E-state index in [1.165, 1.54) is 5.56 Å². The van der Waals surface area contributed by atoms with Crippen LogP contribution in [0.4, 0.5) is 0 Å². The third-order valence-electron chi connectivity index (χ3n) is 3.98. The Morgan fingerprint density at radius 3 is 2.71 bits per heavy atom. The lowest BCUT2D eigenvalue weighted by Crippen LogP contribution is -2.25. The maximum absolute atomic E-state index is 5.92. The lowest BCUT2D eigenvalue weighted by atomic mass is 10.3. The number of rotatable bonds is 8. The number of hydrogen-bond donors (Lipinski definition) is 0. The average Bonchev–Trinajstić information content (AvgIpc) is 2.84. The molecule has 0 aromatic carbocycles. The van der Waals surface area contributed by atoms with E-state index >= 15 is 0 Å². The molecule has 2 rings (SSSR count). The first-order valence-corrected chi connectivity index (χ1v) is 8.33. The summed E-state index contributed by atoms with van der Waals surface area (Å²) in [5.74, 6) is 1.65. The molecule has 0 atom stereocenters. The van der Waals surface area contributed by atoms with E-state index in [9.17, 15) is 0 Å². The topological polar surface area (TPSA) is 34.0 Å². The quantitative estimate of drug-likeness (QED) is 0.702. The van der Waals surface area contributed by atoms with Crippen molar-refractivity contribution in [2.45, 2.75) is 40.2 Å². The normalized spacial score (nSPS) is 11.7. The Labute approximate surface area is 132 Å². The summed E-state index contributed by atoms with van der Waals surface area (Å²) in [4.78, 5) is 11.7. The summed E-state index contributed by atoms with van der Waals surface area (Å²) in [5.41, 5.74) is 3.19. The Bertz CT molecular complexity index is 575. The van der Waals surface area contributed by atoms with Crippen LogP contribution in [0.5, 0.6) is 0 Å². The van der Waals surface area contributed by atoms with Crippen molar-refractivity contribution in [2.75, 3.05) is 25.5 Å². The molecule has 0 unspecified atom stereocenters. The van der Waals surface area contributed by atoms with Crippen LogP contribution in [0, 0.1) is 6.92 Å². The van der Waals surface area contributed by atoms with Gasteiger partial charge in [-0.3, -0.25) is 0 Å². The van der Waals surface area contributed by atoms with Crippen LogP contribution in [-0.2, 0) is 13.0 Å². The number of halogens is 1. The molecule has 0 spiro atoms. The summed E-state index contributed by atoms with van der Waals surface area (Å²) in [7, 11) is 0. The number of aryl methyl sites for hydroxylation is 3. The first kappa shape index (κ1) is 16.2. The molecule has 2 heterocycles. The summed E-state index contributed by atoms with van der Waals surface area (Å²) < 4.78 is 2.24. The number of nitrogens with zero attached hydrogens (tertiary/aromatic N) is 4. The largest absolute Gasteiger partial charge is 0.313 e. The molecule has 0 N–H and O–H groups in total. The Balaban J connectivity index is 2.20. The second-order valence-electron chi connectivity index (χ2n) is 5.30. The van der Waals surface area contributed by atoms with Crippen molar-refractivity contribution in [3.8, 4) is 0 Å². The number of alkyl halides is 1. The van der Waals surface area contributed by atoms with Crippen LogP contribution in [0.15, 0.2) is 12.3 Å². The fraction of sp³-hybridized carbons (Fsp3) is 0.625. The van der Waals surface area contributed by atoms with Crippen LogP contribution >= 0.6 is 11.6 Å². The minimum absolute atomic E-state index is 0.596. The van der Waals surface area contributed by atoms with Crippen LogP contribution in [0.2, 0.25) is 0 Å². The standard InChI is InChI=1S/C16H25ClN4/c1-4-20(5-2)11-6-12-21-14(7-9-17)19-15-13(3)8-10-18-16(15)21/h8,10H,4-7,9,11-12H2,1-3H3. The average molecular weight is 309 g/mol. The maximum atomic E-state index is 5.92. The molecule has 0 amide bonds. The summed E-state index contributed by atoms with van der Waals surface area (Å²) in [6.45, 7) is 10.8. The molecule has 0 radical (unpaired) electrons. The van der Waals surface area contributed by atoms with E-state index in [0.717, 1.165) is 56.0 Å². The molecule has 5 heteroatoms. The van der Waals surface area contributed by atoms with Crippen molar-refractivity contribution < 1.29 is 0 Å². The van der Waals surface area contributed by atoms with Gasteiger partial charge in [-0.15, -0.1) is 11.6 Å². The molecular formula is C16H25ClN4. The Hall–Kier alpha value is -1.13. The smallest absolute Gasteiger partial charge is 0.160 e. The summed E-state index contributed by atoms with van der Waals surface area (Å²) >= 11 is 5.92. The first-order chi connectivity index (χ1) is 10.2. The van der Waals surface area contributed by atoms with Gasteiger partial charge in [-0.05, 0) is 44.6 Å². The fourth-order valence-electron chi connectivity index (χ4n) is 2.69. The highest BCUT2D eigenvalue weighted by Crippen LogP contribution is 2.18. The molecule has 0 aliphatic rings. The van der Waals surface area contributed by atoms with E-state index in [0.29, 0.717) is 5.88 Å². The summed E-state index contributed by atoms with van der Waals surface area (Å²) in [6.07, 6.45) is 3.77. The molecule has 0 saturated heterocycles. The highest BCUT2D eigenvalue weighted by atomic mass is 35.5. The molecule has 0 bridgehead atoms. The van der Waals surface area contributed by atoms with E-state index < -0.39 is 0 Å². The summed E-state index contributed by atoms with van der Waals surface area (Å²) in [6, 6.07) is 2.01. The zero-order valence-corrected chi connectivity index (χ0v) is 14.0. The van der Waals surface area contributed by atoms with Crippen molar-refractivity contribution >= 4 is 22.8 Å². The molecule has 0 aliphatic carbocycles. The zero-order valence-electron chi connectivity index (χ0n) is 13.3. The van der Waals surface area contributed by atoms with Gasteiger partial charge in [0.1, 0.15) is 11.3 Å². The maximum Gasteiger partial charge on any atom is 0.160 e. The Kier molecular flexibility index (Phi) is 6.00. The van der Waals surface area contributed by atoms with Crippen LogP contribution in [0.25, 0.3) is 11.2 Å². The van der Waals surface area contributed by atoms with Crippen LogP contribution in [-0.4, -0.2) is 44.9 Å². The van der Waals surface area contributed by atoms with Crippen molar-refractivity contribution in [1.82, 2.24) is 19.4 Å². The van der Waals surface area contributed by atoms with Crippen molar-refractivity contribution in [3.05, 3.63) is 23.7 Å². The number of pyridine rings is 1. The van der Waals surface area contributed by atoms with Crippen molar-refractivity contribution in [3.63, 3.8) is 0 Å². The van der Waals surface area contributed by atoms with Crippen LogP contribution < -0.4 is 0 Å². The van der Waals surface area contributed by atoms with Gasteiger partial charge in [-0.1, -0.05) is 13.8 Å². The molecule has 21 heavy (non-hydrogen) atoms. The Morgan fingerprint density at radius 2 is 2.05 bits per heavy atom. The lowest BCUT2D eigenvalue weighted by Gasteiger charge is -2.18. The molecule has 0 fully saturated rings. The molecule has 0 aliphatic heterocycles. The molecule has 116 valence electrons. The second kappa shape index (κ2) is 7.76. The van der Waals surface area contributed by atoms with Gasteiger partial charge in [-0.25, -0.2) is 9.97 Å². The van der Waals surface area contributed by atoms with Gasteiger partial charge >= 0.3 is 0 Å². The van der Waals surface area contributed by atoms with E-state index in [1.54, 1.807) is 0 Å². The van der Waals surface area contributed by atoms with Gasteiger partial charge in [0.15, 0.2) is 5.65 Å². The second-order valence-corrected chi connectivity index (χ2v) is 5.68.